The first kappa shape index (κ1) is 17.1. The van der Waals surface area contributed by atoms with Crippen molar-refractivity contribution in [3.63, 3.8) is 0 Å². The number of aromatic nitrogens is 2. The number of carbonyl (C=O) groups excluding carboxylic acids is 1. The van der Waals surface area contributed by atoms with Gasteiger partial charge in [-0.05, 0) is 48.4 Å². The number of benzene rings is 2. The molecule has 3 aromatic rings. The Bertz CT molecular complexity index is 820. The van der Waals surface area contributed by atoms with Crippen LogP contribution in [-0.4, -0.2) is 16.1 Å². The van der Waals surface area contributed by atoms with Crippen LogP contribution in [0.1, 0.15) is 12.0 Å². The number of nitrogens with zero attached hydrogens (tertiary/aromatic N) is 2. The monoisotopic (exact) mass is 396 g/mol. The summed E-state index contributed by atoms with van der Waals surface area (Å²) in [6, 6.07) is 21.2. The highest BCUT2D eigenvalue weighted by atomic mass is 79.9. The predicted octanol–water partition coefficient (Wildman–Crippen LogP) is 4.55. The summed E-state index contributed by atoms with van der Waals surface area (Å²) in [5, 5.41) is 14.0. The Hall–Kier alpha value is -2.73. The Balaban J connectivity index is 1.51. The molecule has 0 bridgehead atoms. The van der Waals surface area contributed by atoms with Gasteiger partial charge in [0.2, 0.25) is 5.91 Å². The van der Waals surface area contributed by atoms with Crippen LogP contribution in [0.25, 0.3) is 0 Å². The molecule has 2 aromatic carbocycles. The highest BCUT2D eigenvalue weighted by molar-refractivity contribution is 9.10. The van der Waals surface area contributed by atoms with Gasteiger partial charge in [0.15, 0.2) is 11.6 Å². The highest BCUT2D eigenvalue weighted by Crippen LogP contribution is 2.18. The summed E-state index contributed by atoms with van der Waals surface area (Å²) in [7, 11) is 0. The standard InChI is InChI=1S/C19H17BrN4O/c20-15-7-9-16(10-8-15)21-17-11-12-18(24-23-17)22-19(25)13-6-14-4-2-1-3-5-14/h1-5,7-12H,6,13H2,(H,21,23)(H,22,24,25). The molecule has 3 rings (SSSR count). The van der Waals surface area contributed by atoms with Crippen molar-refractivity contribution < 1.29 is 4.79 Å². The van der Waals surface area contributed by atoms with E-state index in [9.17, 15) is 4.79 Å². The Morgan fingerprint density at radius 3 is 2.24 bits per heavy atom. The minimum absolute atomic E-state index is 0.0771. The third kappa shape index (κ3) is 5.39. The summed E-state index contributed by atoms with van der Waals surface area (Å²) >= 11 is 3.39. The Morgan fingerprint density at radius 2 is 1.56 bits per heavy atom. The van der Waals surface area contributed by atoms with Gasteiger partial charge in [0.05, 0.1) is 0 Å². The summed E-state index contributed by atoms with van der Waals surface area (Å²) in [4.78, 5) is 12.0. The van der Waals surface area contributed by atoms with Crippen molar-refractivity contribution in [2.45, 2.75) is 12.8 Å². The lowest BCUT2D eigenvalue weighted by Gasteiger charge is -2.07. The van der Waals surface area contributed by atoms with Gasteiger partial charge < -0.3 is 10.6 Å². The van der Waals surface area contributed by atoms with Crippen molar-refractivity contribution >= 4 is 39.2 Å². The minimum atomic E-state index is -0.0771. The molecule has 0 unspecified atom stereocenters. The van der Waals surface area contributed by atoms with E-state index >= 15 is 0 Å². The van der Waals surface area contributed by atoms with Crippen molar-refractivity contribution in [1.29, 1.82) is 0 Å². The third-order valence-corrected chi connectivity index (χ3v) is 4.06. The molecule has 1 aromatic heterocycles. The van der Waals surface area contributed by atoms with Crippen molar-refractivity contribution in [2.75, 3.05) is 10.6 Å². The van der Waals surface area contributed by atoms with Gasteiger partial charge >= 0.3 is 0 Å². The van der Waals surface area contributed by atoms with Gasteiger partial charge in [-0.1, -0.05) is 46.3 Å². The highest BCUT2D eigenvalue weighted by Gasteiger charge is 2.05. The van der Waals surface area contributed by atoms with Crippen LogP contribution in [0, 0.1) is 0 Å². The molecule has 0 radical (unpaired) electrons. The molecule has 0 saturated heterocycles. The van der Waals surface area contributed by atoms with Crippen molar-refractivity contribution in [3.8, 4) is 0 Å². The van der Waals surface area contributed by atoms with E-state index in [1.807, 2.05) is 54.6 Å². The fourth-order valence-electron chi connectivity index (χ4n) is 2.25. The molecule has 1 heterocycles. The molecule has 126 valence electrons. The zero-order valence-electron chi connectivity index (χ0n) is 13.4. The fourth-order valence-corrected chi connectivity index (χ4v) is 2.52. The molecule has 0 aliphatic rings. The van der Waals surface area contributed by atoms with E-state index in [2.05, 4.69) is 36.8 Å². The number of rotatable bonds is 6. The van der Waals surface area contributed by atoms with Crippen molar-refractivity contribution in [2.24, 2.45) is 0 Å². The average Bonchev–Trinajstić information content (AvgIpc) is 2.64. The molecule has 25 heavy (non-hydrogen) atoms. The maximum Gasteiger partial charge on any atom is 0.225 e. The van der Waals surface area contributed by atoms with Gasteiger partial charge in [0.25, 0.3) is 0 Å². The second kappa shape index (κ2) is 8.39. The molecule has 0 aliphatic carbocycles. The van der Waals surface area contributed by atoms with Crippen LogP contribution in [0.2, 0.25) is 0 Å². The lowest BCUT2D eigenvalue weighted by Crippen LogP contribution is -2.14. The van der Waals surface area contributed by atoms with Gasteiger partial charge in [0.1, 0.15) is 0 Å². The molecule has 5 nitrogen and oxygen atoms in total. The van der Waals surface area contributed by atoms with E-state index in [4.69, 9.17) is 0 Å². The van der Waals surface area contributed by atoms with Crippen molar-refractivity contribution in [1.82, 2.24) is 10.2 Å². The number of halogens is 1. The molecule has 6 heteroatoms. The van der Waals surface area contributed by atoms with Gasteiger partial charge in [-0.25, -0.2) is 0 Å². The SMILES string of the molecule is O=C(CCc1ccccc1)Nc1ccc(Nc2ccc(Br)cc2)nn1. The van der Waals surface area contributed by atoms with E-state index in [0.717, 1.165) is 15.7 Å². The summed E-state index contributed by atoms with van der Waals surface area (Å²) in [6.45, 7) is 0. The third-order valence-electron chi connectivity index (χ3n) is 3.53. The van der Waals surface area contributed by atoms with E-state index < -0.39 is 0 Å². The predicted molar refractivity (Wildman–Crippen MR) is 103 cm³/mol. The van der Waals surface area contributed by atoms with Crippen LogP contribution in [0.5, 0.6) is 0 Å². The number of aryl methyl sites for hydroxylation is 1. The van der Waals surface area contributed by atoms with E-state index in [0.29, 0.717) is 24.5 Å². The van der Waals surface area contributed by atoms with Crippen molar-refractivity contribution in [3.05, 3.63) is 76.8 Å². The van der Waals surface area contributed by atoms with Gasteiger partial charge in [-0.15, -0.1) is 10.2 Å². The maximum atomic E-state index is 12.0. The number of hydrogen-bond acceptors (Lipinski definition) is 4. The maximum absolute atomic E-state index is 12.0. The number of nitrogens with one attached hydrogen (secondary N) is 2. The summed E-state index contributed by atoms with van der Waals surface area (Å²) in [5.74, 6) is 0.982. The normalized spacial score (nSPS) is 10.3. The Kier molecular flexibility index (Phi) is 5.74. The Labute approximate surface area is 154 Å². The largest absolute Gasteiger partial charge is 0.339 e. The fraction of sp³-hybridized carbons (Fsp3) is 0.105. The Morgan fingerprint density at radius 1 is 0.880 bits per heavy atom. The summed E-state index contributed by atoms with van der Waals surface area (Å²) < 4.78 is 1.01. The molecular weight excluding hydrogens is 380 g/mol. The van der Waals surface area contributed by atoms with Crippen LogP contribution in [0.15, 0.2) is 71.2 Å². The number of carbonyl (C=O) groups is 1. The molecule has 0 fully saturated rings. The van der Waals surface area contributed by atoms with Crippen LogP contribution in [0.4, 0.5) is 17.3 Å². The van der Waals surface area contributed by atoms with Gasteiger partial charge in [0, 0.05) is 16.6 Å². The molecule has 0 aliphatic heterocycles. The smallest absolute Gasteiger partial charge is 0.225 e. The van der Waals surface area contributed by atoms with E-state index in [1.165, 1.54) is 0 Å². The van der Waals surface area contributed by atoms with Crippen LogP contribution in [0.3, 0.4) is 0 Å². The molecule has 0 spiro atoms. The lowest BCUT2D eigenvalue weighted by atomic mass is 10.1. The quantitative estimate of drug-likeness (QED) is 0.640. The van der Waals surface area contributed by atoms with Gasteiger partial charge in [-0.2, -0.15) is 0 Å². The topological polar surface area (TPSA) is 66.9 Å². The second-order valence-corrected chi connectivity index (χ2v) is 6.39. The summed E-state index contributed by atoms with van der Waals surface area (Å²) in [5.41, 5.74) is 2.05. The minimum Gasteiger partial charge on any atom is -0.339 e. The van der Waals surface area contributed by atoms with Gasteiger partial charge in [-0.3, -0.25) is 4.79 Å². The first-order chi connectivity index (χ1) is 12.2. The van der Waals surface area contributed by atoms with Crippen LogP contribution in [-0.2, 0) is 11.2 Å². The molecule has 2 N–H and O–H groups in total. The molecule has 0 atom stereocenters. The lowest BCUT2D eigenvalue weighted by molar-refractivity contribution is -0.116. The zero-order chi connectivity index (χ0) is 17.5. The number of hydrogen-bond donors (Lipinski definition) is 2. The van der Waals surface area contributed by atoms with Crippen LogP contribution < -0.4 is 10.6 Å². The average molecular weight is 397 g/mol. The van der Waals surface area contributed by atoms with E-state index in [-0.39, 0.29) is 5.91 Å². The molecule has 0 saturated carbocycles. The molecular formula is C19H17BrN4O. The first-order valence-electron chi connectivity index (χ1n) is 7.89. The number of amides is 1. The second-order valence-electron chi connectivity index (χ2n) is 5.47. The number of anilines is 3. The zero-order valence-corrected chi connectivity index (χ0v) is 15.0. The van der Waals surface area contributed by atoms with Crippen LogP contribution >= 0.6 is 15.9 Å². The molecule has 1 amide bonds. The summed E-state index contributed by atoms with van der Waals surface area (Å²) in [6.07, 6.45) is 1.11. The van der Waals surface area contributed by atoms with E-state index in [1.54, 1.807) is 12.1 Å². The first-order valence-corrected chi connectivity index (χ1v) is 8.68.